The van der Waals surface area contributed by atoms with E-state index < -0.39 is 0 Å². The molecule has 0 spiro atoms. The molecule has 0 aliphatic carbocycles. The Morgan fingerprint density at radius 1 is 1.20 bits per heavy atom. The molecule has 2 aliphatic heterocycles. The van der Waals surface area contributed by atoms with Crippen LogP contribution in [-0.2, 0) is 6.54 Å². The van der Waals surface area contributed by atoms with Crippen molar-refractivity contribution in [1.82, 2.24) is 4.90 Å². The zero-order valence-electron chi connectivity index (χ0n) is 12.4. The molecule has 4 heteroatoms. The molecule has 110 valence electrons. The van der Waals surface area contributed by atoms with Gasteiger partial charge in [-0.1, -0.05) is 6.92 Å². The van der Waals surface area contributed by atoms with E-state index in [1.807, 2.05) is 6.07 Å². The third kappa shape index (κ3) is 2.44. The minimum atomic E-state index is 0.604. The number of nitrogens with zero attached hydrogens (tertiary/aromatic N) is 1. The van der Waals surface area contributed by atoms with Crippen molar-refractivity contribution in [2.24, 2.45) is 0 Å². The summed E-state index contributed by atoms with van der Waals surface area (Å²) in [4.78, 5) is 2.57. The highest BCUT2D eigenvalue weighted by Gasteiger charge is 2.29. The van der Waals surface area contributed by atoms with Gasteiger partial charge in [0.2, 0.25) is 0 Å². The first-order valence-corrected chi connectivity index (χ1v) is 7.62. The lowest BCUT2D eigenvalue weighted by Crippen LogP contribution is -2.33. The van der Waals surface area contributed by atoms with E-state index >= 15 is 0 Å². The number of nitrogen functional groups attached to an aromatic ring is 1. The molecule has 0 saturated carbocycles. The van der Waals surface area contributed by atoms with Crippen molar-refractivity contribution in [3.8, 4) is 11.5 Å². The highest BCUT2D eigenvalue weighted by molar-refractivity contribution is 5.58. The number of hydrogen-bond acceptors (Lipinski definition) is 4. The first-order valence-electron chi connectivity index (χ1n) is 7.62. The van der Waals surface area contributed by atoms with Crippen LogP contribution < -0.4 is 15.2 Å². The van der Waals surface area contributed by atoms with Gasteiger partial charge in [-0.3, -0.25) is 4.90 Å². The summed E-state index contributed by atoms with van der Waals surface area (Å²) in [6.45, 7) is 6.70. The minimum absolute atomic E-state index is 0.604. The Kier molecular flexibility index (Phi) is 3.74. The van der Waals surface area contributed by atoms with Crippen molar-refractivity contribution >= 4 is 5.69 Å². The van der Waals surface area contributed by atoms with Crippen molar-refractivity contribution in [2.75, 3.05) is 18.9 Å². The van der Waals surface area contributed by atoms with E-state index in [0.29, 0.717) is 25.3 Å². The molecular formula is C16H24N2O2. The standard InChI is InChI=1S/C16H24N2O2/c1-3-13-5-4-11(2)18(13)10-12-8-15-16(9-14(12)17)20-7-6-19-15/h8-9,11,13H,3-7,10,17H2,1-2H3. The summed E-state index contributed by atoms with van der Waals surface area (Å²) in [6, 6.07) is 5.28. The third-order valence-electron chi connectivity index (χ3n) is 4.58. The van der Waals surface area contributed by atoms with Gasteiger partial charge < -0.3 is 15.2 Å². The lowest BCUT2D eigenvalue weighted by atomic mass is 10.1. The fraction of sp³-hybridized carbons (Fsp3) is 0.625. The van der Waals surface area contributed by atoms with Crippen LogP contribution >= 0.6 is 0 Å². The van der Waals surface area contributed by atoms with Crippen LogP contribution in [0.5, 0.6) is 11.5 Å². The summed E-state index contributed by atoms with van der Waals surface area (Å²) in [7, 11) is 0. The smallest absolute Gasteiger partial charge is 0.163 e. The van der Waals surface area contributed by atoms with Gasteiger partial charge in [0.05, 0.1) is 0 Å². The van der Waals surface area contributed by atoms with E-state index in [0.717, 1.165) is 29.3 Å². The summed E-state index contributed by atoms with van der Waals surface area (Å²) in [6.07, 6.45) is 3.78. The Hall–Kier alpha value is -1.42. The summed E-state index contributed by atoms with van der Waals surface area (Å²) in [5.74, 6) is 1.61. The first-order chi connectivity index (χ1) is 9.69. The second-order valence-corrected chi connectivity index (χ2v) is 5.86. The molecule has 20 heavy (non-hydrogen) atoms. The average Bonchev–Trinajstić information content (AvgIpc) is 2.80. The number of rotatable bonds is 3. The average molecular weight is 276 g/mol. The Balaban J connectivity index is 1.83. The van der Waals surface area contributed by atoms with Crippen LogP contribution in [0.3, 0.4) is 0 Å². The number of likely N-dealkylation sites (tertiary alicyclic amines) is 1. The van der Waals surface area contributed by atoms with Crippen LogP contribution in [-0.4, -0.2) is 30.2 Å². The van der Waals surface area contributed by atoms with Crippen molar-refractivity contribution in [3.05, 3.63) is 17.7 Å². The van der Waals surface area contributed by atoms with Gasteiger partial charge in [0.15, 0.2) is 11.5 Å². The predicted octanol–water partition coefficient (Wildman–Crippen LogP) is 2.80. The molecule has 0 bridgehead atoms. The lowest BCUT2D eigenvalue weighted by Gasteiger charge is -2.29. The van der Waals surface area contributed by atoms with Gasteiger partial charge in [0, 0.05) is 30.4 Å². The van der Waals surface area contributed by atoms with E-state index in [1.54, 1.807) is 0 Å². The minimum Gasteiger partial charge on any atom is -0.486 e. The Labute approximate surface area is 120 Å². The highest BCUT2D eigenvalue weighted by atomic mass is 16.6. The van der Waals surface area contributed by atoms with Crippen LogP contribution in [0, 0.1) is 0 Å². The topological polar surface area (TPSA) is 47.7 Å². The molecule has 1 aromatic rings. The summed E-state index contributed by atoms with van der Waals surface area (Å²) in [5, 5.41) is 0. The molecule has 0 radical (unpaired) electrons. The summed E-state index contributed by atoms with van der Waals surface area (Å²) in [5.41, 5.74) is 8.16. The van der Waals surface area contributed by atoms with Crippen LogP contribution in [0.25, 0.3) is 0 Å². The number of hydrogen-bond donors (Lipinski definition) is 1. The molecule has 2 heterocycles. The molecule has 3 rings (SSSR count). The fourth-order valence-electron chi connectivity index (χ4n) is 3.33. The Bertz CT molecular complexity index is 490. The van der Waals surface area contributed by atoms with E-state index in [-0.39, 0.29) is 0 Å². The number of benzene rings is 1. The van der Waals surface area contributed by atoms with Gasteiger partial charge in [0.1, 0.15) is 13.2 Å². The van der Waals surface area contributed by atoms with Crippen LogP contribution in [0.4, 0.5) is 5.69 Å². The van der Waals surface area contributed by atoms with E-state index in [2.05, 4.69) is 24.8 Å². The zero-order chi connectivity index (χ0) is 14.1. The maximum Gasteiger partial charge on any atom is 0.163 e. The molecule has 0 aromatic heterocycles. The monoisotopic (exact) mass is 276 g/mol. The predicted molar refractivity (Wildman–Crippen MR) is 80.2 cm³/mol. The Morgan fingerprint density at radius 2 is 1.90 bits per heavy atom. The van der Waals surface area contributed by atoms with Crippen molar-refractivity contribution in [2.45, 2.75) is 51.7 Å². The lowest BCUT2D eigenvalue weighted by molar-refractivity contribution is 0.169. The fourth-order valence-corrected chi connectivity index (χ4v) is 3.33. The molecule has 2 N–H and O–H groups in total. The number of anilines is 1. The summed E-state index contributed by atoms with van der Waals surface area (Å²) < 4.78 is 11.2. The second-order valence-electron chi connectivity index (χ2n) is 5.86. The number of ether oxygens (including phenoxy) is 2. The molecule has 2 unspecified atom stereocenters. The quantitative estimate of drug-likeness (QED) is 0.862. The van der Waals surface area contributed by atoms with Gasteiger partial charge >= 0.3 is 0 Å². The zero-order valence-corrected chi connectivity index (χ0v) is 12.4. The van der Waals surface area contributed by atoms with E-state index in [9.17, 15) is 0 Å². The van der Waals surface area contributed by atoms with Crippen LogP contribution in [0.15, 0.2) is 12.1 Å². The second kappa shape index (κ2) is 5.52. The molecule has 1 aromatic carbocycles. The van der Waals surface area contributed by atoms with Gasteiger partial charge in [-0.2, -0.15) is 0 Å². The molecule has 0 amide bonds. The number of nitrogens with two attached hydrogens (primary N) is 1. The Morgan fingerprint density at radius 3 is 2.60 bits per heavy atom. The van der Waals surface area contributed by atoms with E-state index in [1.165, 1.54) is 19.3 Å². The molecule has 1 fully saturated rings. The highest BCUT2D eigenvalue weighted by Crippen LogP contribution is 2.36. The maximum atomic E-state index is 6.19. The van der Waals surface area contributed by atoms with Crippen molar-refractivity contribution in [3.63, 3.8) is 0 Å². The third-order valence-corrected chi connectivity index (χ3v) is 4.58. The van der Waals surface area contributed by atoms with Crippen molar-refractivity contribution < 1.29 is 9.47 Å². The van der Waals surface area contributed by atoms with Gasteiger partial charge in [-0.15, -0.1) is 0 Å². The van der Waals surface area contributed by atoms with Crippen molar-refractivity contribution in [1.29, 1.82) is 0 Å². The van der Waals surface area contributed by atoms with Crippen LogP contribution in [0.1, 0.15) is 38.7 Å². The summed E-state index contributed by atoms with van der Waals surface area (Å²) >= 11 is 0. The SMILES string of the molecule is CCC1CCC(C)N1Cc1cc2c(cc1N)OCCO2. The largest absolute Gasteiger partial charge is 0.486 e. The molecule has 4 nitrogen and oxygen atoms in total. The molecular weight excluding hydrogens is 252 g/mol. The number of fused-ring (bicyclic) bond motifs is 1. The molecule has 1 saturated heterocycles. The maximum absolute atomic E-state index is 6.19. The van der Waals surface area contributed by atoms with Gasteiger partial charge in [-0.05, 0) is 37.8 Å². The van der Waals surface area contributed by atoms with Gasteiger partial charge in [-0.25, -0.2) is 0 Å². The molecule has 2 aliphatic rings. The van der Waals surface area contributed by atoms with E-state index in [4.69, 9.17) is 15.2 Å². The molecule has 2 atom stereocenters. The first kappa shape index (κ1) is 13.6. The van der Waals surface area contributed by atoms with Crippen LogP contribution in [0.2, 0.25) is 0 Å². The normalized spacial score (nSPS) is 25.9. The van der Waals surface area contributed by atoms with Gasteiger partial charge in [0.25, 0.3) is 0 Å².